The highest BCUT2D eigenvalue weighted by atomic mass is 35.5. The summed E-state index contributed by atoms with van der Waals surface area (Å²) in [7, 11) is 6.59. The van der Waals surface area contributed by atoms with Crippen molar-refractivity contribution < 1.29 is 16.9 Å². The van der Waals surface area contributed by atoms with Gasteiger partial charge in [-0.15, -0.1) is 0 Å². The third-order valence-corrected chi connectivity index (χ3v) is 2.15. The van der Waals surface area contributed by atoms with Crippen LogP contribution in [0.15, 0.2) is 24.3 Å². The molecule has 0 aliphatic carbocycles. The molecule has 0 aliphatic heterocycles. The zero-order valence-electron chi connectivity index (χ0n) is 10.5. The van der Waals surface area contributed by atoms with Crippen LogP contribution in [0.3, 0.4) is 0 Å². The van der Waals surface area contributed by atoms with Gasteiger partial charge in [-0.3, -0.25) is 0 Å². The fourth-order valence-electron chi connectivity index (χ4n) is 1.73. The summed E-state index contributed by atoms with van der Waals surface area (Å²) in [5.41, 5.74) is 7.56. The van der Waals surface area contributed by atoms with Gasteiger partial charge in [-0.2, -0.15) is 0 Å². The number of likely N-dealkylation sites (N-methyl/N-ethyl adjacent to an activating group) is 1. The normalized spacial score (nSPS) is 12.8. The molecule has 0 spiro atoms. The molecule has 3 N–H and O–H groups in total. The molecule has 0 saturated carbocycles. The summed E-state index contributed by atoms with van der Waals surface area (Å²) < 4.78 is 0.961. The maximum atomic E-state index is 5.63. The summed E-state index contributed by atoms with van der Waals surface area (Å²) in [5, 5.41) is 3.45. The van der Waals surface area contributed by atoms with Crippen molar-refractivity contribution in [3.8, 4) is 0 Å². The highest BCUT2D eigenvalue weighted by molar-refractivity contribution is 5.51. The second-order valence-electron chi connectivity index (χ2n) is 5.14. The number of benzene rings is 1. The van der Waals surface area contributed by atoms with E-state index in [-0.39, 0.29) is 12.4 Å². The molecule has 0 fully saturated rings. The van der Waals surface area contributed by atoms with Crippen LogP contribution in [0.25, 0.3) is 0 Å². The lowest BCUT2D eigenvalue weighted by atomic mass is 10.2. The summed E-state index contributed by atoms with van der Waals surface area (Å²) in [4.78, 5) is 0. The van der Waals surface area contributed by atoms with Crippen LogP contribution < -0.4 is 23.5 Å². The predicted octanol–water partition coefficient (Wildman–Crippen LogP) is -1.22. The van der Waals surface area contributed by atoms with E-state index in [0.717, 1.165) is 22.4 Å². The largest absolute Gasteiger partial charge is 1.00 e. The molecule has 0 heterocycles. The number of hydrogen-bond donors (Lipinski definition) is 2. The van der Waals surface area contributed by atoms with Gasteiger partial charge in [0.1, 0.15) is 0 Å². The fourth-order valence-corrected chi connectivity index (χ4v) is 1.73. The Hall–Kier alpha value is -0.930. The molecule has 0 aromatic heterocycles. The maximum Gasteiger partial charge on any atom is 0.0982 e. The first kappa shape index (κ1) is 15.1. The van der Waals surface area contributed by atoms with Crippen molar-refractivity contribution in [3.63, 3.8) is 0 Å². The van der Waals surface area contributed by atoms with Crippen molar-refractivity contribution in [2.24, 2.45) is 0 Å². The second-order valence-corrected chi connectivity index (χ2v) is 5.14. The lowest BCUT2D eigenvalue weighted by Crippen LogP contribution is -3.00. The van der Waals surface area contributed by atoms with Gasteiger partial charge in [0.15, 0.2) is 0 Å². The van der Waals surface area contributed by atoms with E-state index < -0.39 is 0 Å². The van der Waals surface area contributed by atoms with Gasteiger partial charge in [0.05, 0.1) is 33.7 Å². The summed E-state index contributed by atoms with van der Waals surface area (Å²) in [5.74, 6) is 0. The van der Waals surface area contributed by atoms with Gasteiger partial charge in [-0.05, 0) is 31.2 Å². The molecular weight excluding hydrogens is 222 g/mol. The first-order valence-electron chi connectivity index (χ1n) is 5.29. The van der Waals surface area contributed by atoms with E-state index in [4.69, 9.17) is 5.73 Å². The number of nitrogen functional groups attached to an aromatic ring is 1. The third kappa shape index (κ3) is 5.83. The number of nitrogens with two attached hydrogens (primary N) is 1. The molecule has 0 amide bonds. The van der Waals surface area contributed by atoms with Crippen LogP contribution in [0.4, 0.5) is 11.4 Å². The van der Waals surface area contributed by atoms with Crippen LogP contribution in [0, 0.1) is 0 Å². The van der Waals surface area contributed by atoms with Crippen molar-refractivity contribution in [1.29, 1.82) is 0 Å². The van der Waals surface area contributed by atoms with Crippen molar-refractivity contribution in [2.45, 2.75) is 13.0 Å². The van der Waals surface area contributed by atoms with Crippen LogP contribution >= 0.6 is 0 Å². The molecule has 16 heavy (non-hydrogen) atoms. The number of nitrogens with one attached hydrogen (secondary N) is 1. The number of anilines is 2. The Labute approximate surface area is 105 Å². The Kier molecular flexibility index (Phi) is 5.62. The third-order valence-electron chi connectivity index (χ3n) is 2.15. The van der Waals surface area contributed by atoms with E-state index in [1.54, 1.807) is 0 Å². The Morgan fingerprint density at radius 2 is 1.69 bits per heavy atom. The standard InChI is InChI=1S/C12H22N3.ClH/c1-10(9-15(2,3)4)14-12-7-5-11(13)6-8-12;/h5-8,10,14H,9,13H2,1-4H3;1H/q+1;/p-1. The molecule has 1 rings (SSSR count). The summed E-state index contributed by atoms with van der Waals surface area (Å²) in [6, 6.07) is 8.32. The molecule has 1 aromatic carbocycles. The van der Waals surface area contributed by atoms with Gasteiger partial charge in [-0.1, -0.05) is 0 Å². The lowest BCUT2D eigenvalue weighted by molar-refractivity contribution is -0.870. The van der Waals surface area contributed by atoms with Gasteiger partial charge in [-0.25, -0.2) is 0 Å². The molecule has 1 aromatic rings. The molecule has 0 saturated heterocycles. The molecule has 1 unspecified atom stereocenters. The van der Waals surface area contributed by atoms with Crippen molar-refractivity contribution >= 4 is 11.4 Å². The zero-order chi connectivity index (χ0) is 11.5. The molecule has 0 radical (unpaired) electrons. The van der Waals surface area contributed by atoms with E-state index >= 15 is 0 Å². The first-order valence-corrected chi connectivity index (χ1v) is 5.29. The zero-order valence-corrected chi connectivity index (χ0v) is 11.3. The van der Waals surface area contributed by atoms with Gasteiger partial charge >= 0.3 is 0 Å². The number of nitrogens with zero attached hydrogens (tertiary/aromatic N) is 1. The van der Waals surface area contributed by atoms with Gasteiger partial charge in [0, 0.05) is 11.4 Å². The quantitative estimate of drug-likeness (QED) is 0.514. The molecule has 3 nitrogen and oxygen atoms in total. The maximum absolute atomic E-state index is 5.63. The highest BCUT2D eigenvalue weighted by Crippen LogP contribution is 2.12. The van der Waals surface area contributed by atoms with E-state index in [1.165, 1.54) is 0 Å². The van der Waals surface area contributed by atoms with Crippen LogP contribution in [-0.4, -0.2) is 38.2 Å². The van der Waals surface area contributed by atoms with E-state index in [9.17, 15) is 0 Å². The first-order chi connectivity index (χ1) is 6.87. The predicted molar refractivity (Wildman–Crippen MR) is 66.8 cm³/mol. The number of hydrogen-bond acceptors (Lipinski definition) is 2. The average molecular weight is 244 g/mol. The van der Waals surface area contributed by atoms with E-state index in [2.05, 4.69) is 33.4 Å². The van der Waals surface area contributed by atoms with Crippen molar-refractivity contribution in [3.05, 3.63) is 24.3 Å². The Bertz CT molecular complexity index is 303. The molecule has 92 valence electrons. The van der Waals surface area contributed by atoms with Gasteiger partial charge < -0.3 is 27.9 Å². The molecule has 4 heteroatoms. The topological polar surface area (TPSA) is 38.0 Å². The Balaban J connectivity index is 0.00000225. The van der Waals surface area contributed by atoms with E-state index in [0.29, 0.717) is 6.04 Å². The minimum Gasteiger partial charge on any atom is -1.00 e. The molecule has 1 atom stereocenters. The number of quaternary nitrogens is 1. The van der Waals surface area contributed by atoms with Crippen LogP contribution in [0.2, 0.25) is 0 Å². The van der Waals surface area contributed by atoms with Crippen LogP contribution in [-0.2, 0) is 0 Å². The minimum atomic E-state index is 0. The van der Waals surface area contributed by atoms with Crippen molar-refractivity contribution in [2.75, 3.05) is 38.7 Å². The second kappa shape index (κ2) is 5.97. The van der Waals surface area contributed by atoms with Gasteiger partial charge in [0.2, 0.25) is 0 Å². The van der Waals surface area contributed by atoms with E-state index in [1.807, 2.05) is 24.3 Å². The smallest absolute Gasteiger partial charge is 0.0982 e. The van der Waals surface area contributed by atoms with Gasteiger partial charge in [0.25, 0.3) is 0 Å². The fraction of sp³-hybridized carbons (Fsp3) is 0.500. The Morgan fingerprint density at radius 1 is 1.19 bits per heavy atom. The van der Waals surface area contributed by atoms with Crippen LogP contribution in [0.1, 0.15) is 6.92 Å². The molecule has 0 bridgehead atoms. The van der Waals surface area contributed by atoms with Crippen LogP contribution in [0.5, 0.6) is 0 Å². The lowest BCUT2D eigenvalue weighted by Gasteiger charge is -2.28. The molecular formula is C12H22ClN3. The SMILES string of the molecule is CC(C[N+](C)(C)C)Nc1ccc(N)cc1.[Cl-]. The Morgan fingerprint density at radius 3 is 2.12 bits per heavy atom. The monoisotopic (exact) mass is 243 g/mol. The van der Waals surface area contributed by atoms with Crippen molar-refractivity contribution in [1.82, 2.24) is 0 Å². The molecule has 0 aliphatic rings. The number of rotatable bonds is 4. The number of halogens is 1. The average Bonchev–Trinajstić information content (AvgIpc) is 2.05. The highest BCUT2D eigenvalue weighted by Gasteiger charge is 2.12. The minimum absolute atomic E-state index is 0. The summed E-state index contributed by atoms with van der Waals surface area (Å²) in [6.07, 6.45) is 0. The summed E-state index contributed by atoms with van der Waals surface area (Å²) >= 11 is 0. The summed E-state index contributed by atoms with van der Waals surface area (Å²) in [6.45, 7) is 3.28.